The first kappa shape index (κ1) is 18.9. The van der Waals surface area contributed by atoms with Crippen LogP contribution in [0.2, 0.25) is 0 Å². The summed E-state index contributed by atoms with van der Waals surface area (Å²) in [5, 5.41) is 0.602. The van der Waals surface area contributed by atoms with Gasteiger partial charge in [0.1, 0.15) is 11.3 Å². The Hall–Kier alpha value is -4.11. The lowest BCUT2D eigenvalue weighted by molar-refractivity contribution is 0.565. The molecule has 0 aliphatic carbocycles. The number of benzene rings is 4. The molecule has 150 valence electrons. The Bertz CT molecular complexity index is 1350. The van der Waals surface area contributed by atoms with Crippen molar-refractivity contribution in [3.8, 4) is 11.1 Å². The van der Waals surface area contributed by atoms with Crippen LogP contribution in [0.15, 0.2) is 118 Å². The van der Waals surface area contributed by atoms with E-state index >= 15 is 0 Å². The smallest absolute Gasteiger partial charge is 0.192 e. The van der Waals surface area contributed by atoms with E-state index < -0.39 is 0 Å². The predicted octanol–water partition coefficient (Wildman–Crippen LogP) is 7.24. The van der Waals surface area contributed by atoms with Gasteiger partial charge in [-0.2, -0.15) is 0 Å². The summed E-state index contributed by atoms with van der Waals surface area (Å²) in [7, 11) is 0. The third-order valence-corrected chi connectivity index (χ3v) is 5.34. The van der Waals surface area contributed by atoms with Crippen LogP contribution in [0.4, 0.5) is 17.1 Å². The highest BCUT2D eigenvalue weighted by Gasteiger charge is 2.12. The standard InChI is InChI=1S/C28H21NO2/c1-20-18-27(30)26-17-14-22(19-28(26)31-20)21-12-15-25(16-13-21)29(23-8-4-2-5-9-23)24-10-6-3-7-11-24/h2-19H,1H3. The van der Waals surface area contributed by atoms with Crippen LogP contribution in [0.25, 0.3) is 22.1 Å². The minimum absolute atomic E-state index is 0.0120. The van der Waals surface area contributed by atoms with E-state index in [1.165, 1.54) is 6.07 Å². The maximum absolute atomic E-state index is 12.2. The van der Waals surface area contributed by atoms with E-state index in [9.17, 15) is 4.79 Å². The van der Waals surface area contributed by atoms with Gasteiger partial charge in [-0.25, -0.2) is 0 Å². The van der Waals surface area contributed by atoms with Gasteiger partial charge in [-0.05, 0) is 66.6 Å². The summed E-state index contributed by atoms with van der Waals surface area (Å²) in [5.41, 5.74) is 5.96. The Morgan fingerprint density at radius 1 is 0.613 bits per heavy atom. The molecule has 4 aromatic carbocycles. The zero-order chi connectivity index (χ0) is 21.2. The topological polar surface area (TPSA) is 33.5 Å². The molecule has 0 saturated heterocycles. The Morgan fingerprint density at radius 3 is 1.77 bits per heavy atom. The molecule has 0 aliphatic rings. The number of anilines is 3. The van der Waals surface area contributed by atoms with Gasteiger partial charge in [0.05, 0.1) is 5.39 Å². The minimum Gasteiger partial charge on any atom is -0.461 e. The lowest BCUT2D eigenvalue weighted by Gasteiger charge is -2.25. The number of nitrogens with zero attached hydrogens (tertiary/aromatic N) is 1. The molecule has 0 unspecified atom stereocenters. The fraction of sp³-hybridized carbons (Fsp3) is 0.0357. The van der Waals surface area contributed by atoms with Crippen LogP contribution in [-0.2, 0) is 0 Å². The molecule has 5 aromatic rings. The highest BCUT2D eigenvalue weighted by atomic mass is 16.3. The Morgan fingerprint density at radius 2 is 1.16 bits per heavy atom. The van der Waals surface area contributed by atoms with Crippen LogP contribution in [0, 0.1) is 6.92 Å². The average molecular weight is 403 g/mol. The summed E-state index contributed by atoms with van der Waals surface area (Å²) in [4.78, 5) is 14.4. The third kappa shape index (κ3) is 3.74. The van der Waals surface area contributed by atoms with Gasteiger partial charge in [-0.1, -0.05) is 54.6 Å². The molecule has 3 nitrogen and oxygen atoms in total. The van der Waals surface area contributed by atoms with Gasteiger partial charge in [0.2, 0.25) is 0 Å². The molecular weight excluding hydrogens is 382 g/mol. The minimum atomic E-state index is -0.0120. The number of rotatable bonds is 4. The number of fused-ring (bicyclic) bond motifs is 1. The van der Waals surface area contributed by atoms with Crippen LogP contribution < -0.4 is 10.3 Å². The van der Waals surface area contributed by atoms with Crippen molar-refractivity contribution in [2.45, 2.75) is 6.92 Å². The highest BCUT2D eigenvalue weighted by molar-refractivity contribution is 5.84. The molecule has 0 aliphatic heterocycles. The van der Waals surface area contributed by atoms with Gasteiger partial charge < -0.3 is 9.32 Å². The van der Waals surface area contributed by atoms with E-state index in [1.807, 2.05) is 54.6 Å². The van der Waals surface area contributed by atoms with Crippen LogP contribution >= 0.6 is 0 Å². The van der Waals surface area contributed by atoms with E-state index in [0.29, 0.717) is 16.7 Å². The number of aryl methyl sites for hydroxylation is 1. The van der Waals surface area contributed by atoms with Crippen molar-refractivity contribution in [3.05, 3.63) is 125 Å². The van der Waals surface area contributed by atoms with Crippen molar-refractivity contribution in [1.82, 2.24) is 0 Å². The summed E-state index contributed by atoms with van der Waals surface area (Å²) in [6.45, 7) is 1.80. The summed E-state index contributed by atoms with van der Waals surface area (Å²) in [6.07, 6.45) is 0. The monoisotopic (exact) mass is 403 g/mol. The highest BCUT2D eigenvalue weighted by Crippen LogP contribution is 2.35. The van der Waals surface area contributed by atoms with Crippen molar-refractivity contribution in [3.63, 3.8) is 0 Å². The van der Waals surface area contributed by atoms with Gasteiger partial charge in [-0.15, -0.1) is 0 Å². The normalized spacial score (nSPS) is 10.9. The molecule has 0 radical (unpaired) electrons. The van der Waals surface area contributed by atoms with Gasteiger partial charge in [0.15, 0.2) is 5.43 Å². The van der Waals surface area contributed by atoms with Crippen LogP contribution in [0.1, 0.15) is 5.76 Å². The maximum Gasteiger partial charge on any atom is 0.192 e. The molecular formula is C28H21NO2. The maximum atomic E-state index is 12.2. The molecule has 0 saturated carbocycles. The summed E-state index contributed by atoms with van der Waals surface area (Å²) < 4.78 is 5.77. The van der Waals surface area contributed by atoms with Crippen molar-refractivity contribution in [1.29, 1.82) is 0 Å². The van der Waals surface area contributed by atoms with Crippen LogP contribution in [-0.4, -0.2) is 0 Å². The molecule has 0 atom stereocenters. The van der Waals surface area contributed by atoms with Crippen LogP contribution in [0.3, 0.4) is 0 Å². The van der Waals surface area contributed by atoms with E-state index in [-0.39, 0.29) is 5.43 Å². The first-order chi connectivity index (χ1) is 15.2. The van der Waals surface area contributed by atoms with Crippen molar-refractivity contribution in [2.24, 2.45) is 0 Å². The zero-order valence-corrected chi connectivity index (χ0v) is 17.2. The SMILES string of the molecule is Cc1cc(=O)c2ccc(-c3ccc(N(c4ccccc4)c4ccccc4)cc3)cc2o1. The summed E-state index contributed by atoms with van der Waals surface area (Å²) in [6, 6.07) is 36.4. The predicted molar refractivity (Wildman–Crippen MR) is 127 cm³/mol. The Kier molecular flexibility index (Phi) is 4.85. The largest absolute Gasteiger partial charge is 0.461 e. The molecule has 1 heterocycles. The Balaban J connectivity index is 1.55. The molecule has 1 aromatic heterocycles. The average Bonchev–Trinajstić information content (AvgIpc) is 2.81. The first-order valence-corrected chi connectivity index (χ1v) is 10.2. The van der Waals surface area contributed by atoms with Gasteiger partial charge in [0, 0.05) is 23.1 Å². The van der Waals surface area contributed by atoms with E-state index in [0.717, 1.165) is 28.2 Å². The van der Waals surface area contributed by atoms with E-state index in [4.69, 9.17) is 4.42 Å². The van der Waals surface area contributed by atoms with Gasteiger partial charge in [0.25, 0.3) is 0 Å². The summed E-state index contributed by atoms with van der Waals surface area (Å²) >= 11 is 0. The molecule has 3 heteroatoms. The fourth-order valence-corrected chi connectivity index (χ4v) is 3.86. The van der Waals surface area contributed by atoms with E-state index in [1.54, 1.807) is 6.92 Å². The van der Waals surface area contributed by atoms with Crippen molar-refractivity contribution >= 4 is 28.0 Å². The van der Waals surface area contributed by atoms with Crippen molar-refractivity contribution < 1.29 is 4.42 Å². The molecule has 0 bridgehead atoms. The third-order valence-electron chi connectivity index (χ3n) is 5.34. The Labute approximate surface area is 180 Å². The van der Waals surface area contributed by atoms with Gasteiger partial charge >= 0.3 is 0 Å². The molecule has 0 spiro atoms. The summed E-state index contributed by atoms with van der Waals surface area (Å²) in [5.74, 6) is 0.617. The molecule has 0 N–H and O–H groups in total. The second-order valence-corrected chi connectivity index (χ2v) is 7.49. The second kappa shape index (κ2) is 7.96. The molecule has 0 amide bonds. The molecule has 31 heavy (non-hydrogen) atoms. The number of para-hydroxylation sites is 2. The van der Waals surface area contributed by atoms with Crippen molar-refractivity contribution in [2.75, 3.05) is 4.90 Å². The molecule has 0 fully saturated rings. The van der Waals surface area contributed by atoms with Crippen LogP contribution in [0.5, 0.6) is 0 Å². The van der Waals surface area contributed by atoms with Gasteiger partial charge in [-0.3, -0.25) is 4.79 Å². The quantitative estimate of drug-likeness (QED) is 0.317. The fourth-order valence-electron chi connectivity index (χ4n) is 3.86. The zero-order valence-electron chi connectivity index (χ0n) is 17.2. The first-order valence-electron chi connectivity index (χ1n) is 10.2. The lowest BCUT2D eigenvalue weighted by atomic mass is 10.0. The second-order valence-electron chi connectivity index (χ2n) is 7.49. The van der Waals surface area contributed by atoms with E-state index in [2.05, 4.69) is 53.4 Å². The lowest BCUT2D eigenvalue weighted by Crippen LogP contribution is -2.09. The number of hydrogen-bond donors (Lipinski definition) is 0. The number of hydrogen-bond acceptors (Lipinski definition) is 3. The molecule has 5 rings (SSSR count).